The lowest BCUT2D eigenvalue weighted by Gasteiger charge is -2.51. The second-order valence-corrected chi connectivity index (χ2v) is 8.99. The minimum atomic E-state index is -0.360. The number of esters is 1. The molecule has 1 aromatic heterocycles. The number of rotatable bonds is 6. The molecule has 3 aliphatic heterocycles. The van der Waals surface area contributed by atoms with Crippen LogP contribution in [-0.2, 0) is 4.74 Å². The Bertz CT molecular complexity index is 1100. The van der Waals surface area contributed by atoms with Crippen LogP contribution in [0.3, 0.4) is 0 Å². The Morgan fingerprint density at radius 3 is 2.75 bits per heavy atom. The van der Waals surface area contributed by atoms with Gasteiger partial charge < -0.3 is 9.47 Å². The van der Waals surface area contributed by atoms with Crippen LogP contribution >= 0.6 is 0 Å². The van der Waals surface area contributed by atoms with Gasteiger partial charge in [0.15, 0.2) is 0 Å². The van der Waals surface area contributed by atoms with Crippen molar-refractivity contribution >= 4 is 16.9 Å². The number of hydrogen-bond donors (Lipinski definition) is 0. The zero-order chi connectivity index (χ0) is 22.1. The van der Waals surface area contributed by atoms with Crippen molar-refractivity contribution in [2.75, 3.05) is 20.2 Å². The third-order valence-corrected chi connectivity index (χ3v) is 7.34. The quantitative estimate of drug-likeness (QED) is 0.499. The topological polar surface area (TPSA) is 51.7 Å². The van der Waals surface area contributed by atoms with E-state index in [1.165, 1.54) is 12.8 Å². The van der Waals surface area contributed by atoms with Crippen LogP contribution in [-0.4, -0.2) is 42.1 Å². The molecule has 3 aromatic rings. The Hall–Kier alpha value is -2.92. The second-order valence-electron chi connectivity index (χ2n) is 8.99. The number of piperidine rings is 3. The number of benzene rings is 2. The Kier molecular flexibility index (Phi) is 5.83. The number of carbonyl (C=O) groups excluding carboxylic acids is 1. The monoisotopic (exact) mass is 430 g/mol. The molecule has 3 saturated heterocycles. The van der Waals surface area contributed by atoms with E-state index >= 15 is 0 Å². The maximum atomic E-state index is 13.2. The molecule has 5 atom stereocenters. The van der Waals surface area contributed by atoms with Crippen LogP contribution in [0.25, 0.3) is 10.9 Å². The number of ether oxygens (including phenoxy) is 2. The highest BCUT2D eigenvalue weighted by molar-refractivity contribution is 5.90. The van der Waals surface area contributed by atoms with Gasteiger partial charge in [-0.3, -0.25) is 9.88 Å². The fourth-order valence-corrected chi connectivity index (χ4v) is 5.59. The summed E-state index contributed by atoms with van der Waals surface area (Å²) in [7, 11) is 1.67. The number of carbonyl (C=O) groups is 1. The Balaban J connectivity index is 1.56. The third kappa shape index (κ3) is 3.86. The fourth-order valence-electron chi connectivity index (χ4n) is 5.59. The lowest BCUT2D eigenvalue weighted by Crippen LogP contribution is -2.55. The number of pyridine rings is 1. The van der Waals surface area contributed by atoms with Gasteiger partial charge in [0.05, 0.1) is 24.2 Å². The van der Waals surface area contributed by atoms with Gasteiger partial charge >= 0.3 is 5.97 Å². The first-order chi connectivity index (χ1) is 15.7. The third-order valence-electron chi connectivity index (χ3n) is 7.34. The summed E-state index contributed by atoms with van der Waals surface area (Å²) in [5.41, 5.74) is 2.46. The Morgan fingerprint density at radius 1 is 1.19 bits per heavy atom. The van der Waals surface area contributed by atoms with Gasteiger partial charge in [-0.2, -0.15) is 0 Å². The van der Waals surface area contributed by atoms with E-state index in [1.54, 1.807) is 7.11 Å². The maximum Gasteiger partial charge on any atom is 0.338 e. The summed E-state index contributed by atoms with van der Waals surface area (Å²) in [6.45, 7) is 4.44. The van der Waals surface area contributed by atoms with Gasteiger partial charge in [-0.1, -0.05) is 31.5 Å². The van der Waals surface area contributed by atoms with Gasteiger partial charge in [-0.15, -0.1) is 0 Å². The SMILES string of the molecule is CCC1CN2CCC1C[C@@H]2[C@@H](OC(=O)c1ccccc1)c1ccnc2ccc(OC)cc12. The molecule has 0 aliphatic carbocycles. The molecule has 2 aromatic carbocycles. The Labute approximate surface area is 189 Å². The summed E-state index contributed by atoms with van der Waals surface area (Å²) in [6, 6.07) is 17.3. The summed E-state index contributed by atoms with van der Waals surface area (Å²) in [5, 5.41) is 0.979. The Morgan fingerprint density at radius 2 is 2.03 bits per heavy atom. The van der Waals surface area contributed by atoms with Crippen molar-refractivity contribution in [3.05, 3.63) is 71.9 Å². The summed E-state index contributed by atoms with van der Waals surface area (Å²) in [6.07, 6.45) is 4.95. The minimum absolute atomic E-state index is 0.168. The number of hydrogen-bond acceptors (Lipinski definition) is 5. The normalized spacial score (nSPS) is 25.4. The van der Waals surface area contributed by atoms with E-state index in [0.717, 1.165) is 47.6 Å². The summed E-state index contributed by atoms with van der Waals surface area (Å²) in [5.74, 6) is 1.92. The van der Waals surface area contributed by atoms with Crippen LogP contribution in [0.2, 0.25) is 0 Å². The zero-order valence-electron chi connectivity index (χ0n) is 18.7. The van der Waals surface area contributed by atoms with Gasteiger partial charge in [0.25, 0.3) is 0 Å². The van der Waals surface area contributed by atoms with Crippen molar-refractivity contribution in [2.24, 2.45) is 11.8 Å². The molecular formula is C27H30N2O3. The smallest absolute Gasteiger partial charge is 0.338 e. The second kappa shape index (κ2) is 8.91. The first-order valence-corrected chi connectivity index (χ1v) is 11.6. The molecule has 0 radical (unpaired) electrons. The number of fused-ring (bicyclic) bond motifs is 4. The highest BCUT2D eigenvalue weighted by Crippen LogP contribution is 2.44. The lowest BCUT2D eigenvalue weighted by molar-refractivity contribution is -0.0659. The number of methoxy groups -OCH3 is 1. The molecule has 5 nitrogen and oxygen atoms in total. The lowest BCUT2D eigenvalue weighted by atomic mass is 9.72. The summed E-state index contributed by atoms with van der Waals surface area (Å²) < 4.78 is 11.8. The zero-order valence-corrected chi connectivity index (χ0v) is 18.7. The van der Waals surface area contributed by atoms with Crippen LogP contribution in [0.5, 0.6) is 5.75 Å². The van der Waals surface area contributed by atoms with E-state index < -0.39 is 0 Å². The molecule has 5 heteroatoms. The number of nitrogens with zero attached hydrogens (tertiary/aromatic N) is 2. The highest BCUT2D eigenvalue weighted by atomic mass is 16.5. The van der Waals surface area contributed by atoms with Crippen molar-refractivity contribution in [3.63, 3.8) is 0 Å². The highest BCUT2D eigenvalue weighted by Gasteiger charge is 2.44. The van der Waals surface area contributed by atoms with Gasteiger partial charge in [-0.05, 0) is 67.6 Å². The van der Waals surface area contributed by atoms with Crippen molar-refractivity contribution in [3.8, 4) is 5.75 Å². The van der Waals surface area contributed by atoms with E-state index in [-0.39, 0.29) is 18.1 Å². The van der Waals surface area contributed by atoms with Crippen molar-refractivity contribution in [2.45, 2.75) is 38.3 Å². The standard InChI is InChI=1S/C27H30N2O3/c1-3-18-17-29-14-12-20(18)15-25(29)26(32-27(30)19-7-5-4-6-8-19)22-11-13-28-24-10-9-21(31-2)16-23(22)24/h4-11,13,16,18,20,25-26H,3,12,14-15,17H2,1-2H3/t18?,20?,25-,26+/m1/s1. The van der Waals surface area contributed by atoms with Crippen LogP contribution in [0.1, 0.15) is 48.2 Å². The first-order valence-electron chi connectivity index (χ1n) is 11.6. The van der Waals surface area contributed by atoms with Crippen LogP contribution in [0.4, 0.5) is 0 Å². The molecule has 32 heavy (non-hydrogen) atoms. The molecular weight excluding hydrogens is 400 g/mol. The van der Waals surface area contributed by atoms with Crippen LogP contribution in [0, 0.1) is 11.8 Å². The van der Waals surface area contributed by atoms with Gasteiger partial charge in [0.2, 0.25) is 0 Å². The molecule has 0 N–H and O–H groups in total. The summed E-state index contributed by atoms with van der Waals surface area (Å²) >= 11 is 0. The van der Waals surface area contributed by atoms with Crippen molar-refractivity contribution in [1.29, 1.82) is 0 Å². The van der Waals surface area contributed by atoms with Crippen molar-refractivity contribution in [1.82, 2.24) is 9.88 Å². The van der Waals surface area contributed by atoms with Gasteiger partial charge in [0.1, 0.15) is 11.9 Å². The van der Waals surface area contributed by atoms with E-state index in [0.29, 0.717) is 11.5 Å². The molecule has 2 bridgehead atoms. The molecule has 3 aliphatic rings. The molecule has 0 spiro atoms. The first kappa shape index (κ1) is 21.0. The predicted octanol–water partition coefficient (Wildman–Crippen LogP) is 5.26. The molecule has 166 valence electrons. The van der Waals surface area contributed by atoms with E-state index in [4.69, 9.17) is 9.47 Å². The number of aromatic nitrogens is 1. The molecule has 3 unspecified atom stereocenters. The fraction of sp³-hybridized carbons (Fsp3) is 0.407. The van der Waals surface area contributed by atoms with E-state index in [1.807, 2.05) is 60.8 Å². The largest absolute Gasteiger partial charge is 0.497 e. The van der Waals surface area contributed by atoms with Crippen LogP contribution in [0.15, 0.2) is 60.8 Å². The van der Waals surface area contributed by atoms with Gasteiger partial charge in [0, 0.05) is 23.7 Å². The molecule has 0 saturated carbocycles. The molecule has 4 heterocycles. The maximum absolute atomic E-state index is 13.2. The van der Waals surface area contributed by atoms with Crippen LogP contribution < -0.4 is 4.74 Å². The molecule has 6 rings (SSSR count). The summed E-state index contributed by atoms with van der Waals surface area (Å²) in [4.78, 5) is 20.3. The van der Waals surface area contributed by atoms with E-state index in [2.05, 4.69) is 16.8 Å². The minimum Gasteiger partial charge on any atom is -0.497 e. The van der Waals surface area contributed by atoms with Gasteiger partial charge in [-0.25, -0.2) is 4.79 Å². The van der Waals surface area contributed by atoms with Crippen molar-refractivity contribution < 1.29 is 14.3 Å². The van der Waals surface area contributed by atoms with E-state index in [9.17, 15) is 4.79 Å². The molecule has 0 amide bonds. The average Bonchev–Trinajstić information content (AvgIpc) is 2.87. The average molecular weight is 431 g/mol. The predicted molar refractivity (Wildman–Crippen MR) is 125 cm³/mol. The molecule has 3 fully saturated rings.